The number of nitrogens with two attached hydrogens (primary N) is 1. The first-order valence-electron chi connectivity index (χ1n) is 3.97. The first kappa shape index (κ1) is 7.92. The Labute approximate surface area is 79.8 Å². The second-order valence-corrected chi connectivity index (χ2v) is 3.86. The van der Waals surface area contributed by atoms with Crippen LogP contribution in [0.15, 0.2) is 22.7 Å². The molecule has 0 spiro atoms. The highest BCUT2D eigenvalue weighted by Crippen LogP contribution is 2.33. The second kappa shape index (κ2) is 2.98. The maximum atomic E-state index is 5.62. The first-order chi connectivity index (χ1) is 5.75. The zero-order valence-corrected chi connectivity index (χ0v) is 8.17. The third-order valence-electron chi connectivity index (χ3n) is 1.77. The Morgan fingerprint density at radius 3 is 2.83 bits per heavy atom. The van der Waals surface area contributed by atoms with E-state index in [9.17, 15) is 0 Å². The number of anilines is 1. The fourth-order valence-corrected chi connectivity index (χ4v) is 1.32. The van der Waals surface area contributed by atoms with Crippen LogP contribution in [0.5, 0.6) is 5.75 Å². The molecule has 0 radical (unpaired) electrons. The smallest absolute Gasteiger partial charge is 0.135 e. The number of hydrogen-bond donors (Lipinski definition) is 1. The van der Waals surface area contributed by atoms with Crippen LogP contribution in [0.25, 0.3) is 0 Å². The monoisotopic (exact) mass is 227 g/mol. The highest BCUT2D eigenvalue weighted by molar-refractivity contribution is 9.10. The lowest BCUT2D eigenvalue weighted by Crippen LogP contribution is -1.97. The van der Waals surface area contributed by atoms with E-state index in [2.05, 4.69) is 15.9 Å². The molecule has 1 aromatic carbocycles. The van der Waals surface area contributed by atoms with E-state index in [-0.39, 0.29) is 0 Å². The van der Waals surface area contributed by atoms with Gasteiger partial charge in [-0.2, -0.15) is 0 Å². The SMILES string of the molecule is Nc1ccc(Br)c(OC2CC2)c1. The molecule has 12 heavy (non-hydrogen) atoms. The van der Waals surface area contributed by atoms with E-state index in [4.69, 9.17) is 10.5 Å². The second-order valence-electron chi connectivity index (χ2n) is 3.01. The molecule has 1 saturated carbocycles. The maximum Gasteiger partial charge on any atom is 0.135 e. The van der Waals surface area contributed by atoms with Gasteiger partial charge in [0.05, 0.1) is 10.6 Å². The number of ether oxygens (including phenoxy) is 1. The van der Waals surface area contributed by atoms with Gasteiger partial charge in [-0.05, 0) is 40.9 Å². The summed E-state index contributed by atoms with van der Waals surface area (Å²) in [4.78, 5) is 0. The van der Waals surface area contributed by atoms with Gasteiger partial charge in [-0.15, -0.1) is 0 Å². The highest BCUT2D eigenvalue weighted by atomic mass is 79.9. The largest absolute Gasteiger partial charge is 0.489 e. The fraction of sp³-hybridized carbons (Fsp3) is 0.333. The maximum absolute atomic E-state index is 5.62. The van der Waals surface area contributed by atoms with Gasteiger partial charge in [0.1, 0.15) is 5.75 Å². The average molecular weight is 228 g/mol. The van der Waals surface area contributed by atoms with E-state index >= 15 is 0 Å². The van der Waals surface area contributed by atoms with Crippen LogP contribution in [0.3, 0.4) is 0 Å². The summed E-state index contributed by atoms with van der Waals surface area (Å²) in [5.74, 6) is 0.859. The molecule has 1 aliphatic rings. The Hall–Kier alpha value is -0.700. The number of halogens is 1. The lowest BCUT2D eigenvalue weighted by Gasteiger charge is -2.06. The zero-order valence-electron chi connectivity index (χ0n) is 6.59. The number of hydrogen-bond acceptors (Lipinski definition) is 2. The minimum atomic E-state index is 0.420. The Kier molecular flexibility index (Phi) is 1.97. The predicted molar refractivity (Wildman–Crippen MR) is 52.2 cm³/mol. The molecule has 2 rings (SSSR count). The fourth-order valence-electron chi connectivity index (χ4n) is 0.976. The molecule has 64 valence electrons. The highest BCUT2D eigenvalue weighted by Gasteiger charge is 2.24. The van der Waals surface area contributed by atoms with Crippen molar-refractivity contribution < 1.29 is 4.74 Å². The van der Waals surface area contributed by atoms with Gasteiger partial charge < -0.3 is 10.5 Å². The van der Waals surface area contributed by atoms with Crippen molar-refractivity contribution in [2.45, 2.75) is 18.9 Å². The molecule has 2 N–H and O–H groups in total. The Bertz CT molecular complexity index is 297. The van der Waals surface area contributed by atoms with Crippen LogP contribution >= 0.6 is 15.9 Å². The Morgan fingerprint density at radius 1 is 1.42 bits per heavy atom. The molecule has 0 amide bonds. The van der Waals surface area contributed by atoms with Crippen molar-refractivity contribution in [1.82, 2.24) is 0 Å². The standard InChI is InChI=1S/C9H10BrNO/c10-8-4-1-6(11)5-9(8)12-7-2-3-7/h1,4-5,7H,2-3,11H2. The van der Waals surface area contributed by atoms with Gasteiger partial charge in [-0.25, -0.2) is 0 Å². The molecular weight excluding hydrogens is 218 g/mol. The summed E-state index contributed by atoms with van der Waals surface area (Å²) >= 11 is 3.41. The summed E-state index contributed by atoms with van der Waals surface area (Å²) in [6.07, 6.45) is 2.76. The summed E-state index contributed by atoms with van der Waals surface area (Å²) in [5.41, 5.74) is 6.37. The van der Waals surface area contributed by atoms with Gasteiger partial charge in [-0.1, -0.05) is 0 Å². The van der Waals surface area contributed by atoms with E-state index in [0.29, 0.717) is 6.10 Å². The van der Waals surface area contributed by atoms with Crippen molar-refractivity contribution in [2.24, 2.45) is 0 Å². The van der Waals surface area contributed by atoms with E-state index < -0.39 is 0 Å². The molecule has 2 nitrogen and oxygen atoms in total. The summed E-state index contributed by atoms with van der Waals surface area (Å²) in [6, 6.07) is 5.61. The molecule has 0 heterocycles. The first-order valence-corrected chi connectivity index (χ1v) is 4.77. The summed E-state index contributed by atoms with van der Waals surface area (Å²) in [6.45, 7) is 0. The van der Waals surface area contributed by atoms with Crippen molar-refractivity contribution in [3.63, 3.8) is 0 Å². The minimum absolute atomic E-state index is 0.420. The number of nitrogen functional groups attached to an aromatic ring is 1. The van der Waals surface area contributed by atoms with E-state index in [1.807, 2.05) is 18.2 Å². The normalized spacial score (nSPS) is 16.1. The summed E-state index contributed by atoms with van der Waals surface area (Å²) < 4.78 is 6.59. The van der Waals surface area contributed by atoms with Crippen molar-refractivity contribution >= 4 is 21.6 Å². The van der Waals surface area contributed by atoms with E-state index in [1.165, 1.54) is 12.8 Å². The van der Waals surface area contributed by atoms with Crippen molar-refractivity contribution in [3.05, 3.63) is 22.7 Å². The van der Waals surface area contributed by atoms with E-state index in [1.54, 1.807) is 0 Å². The third kappa shape index (κ3) is 1.72. The van der Waals surface area contributed by atoms with Crippen molar-refractivity contribution in [1.29, 1.82) is 0 Å². The van der Waals surface area contributed by atoms with Crippen LogP contribution in [-0.2, 0) is 0 Å². The molecule has 3 heteroatoms. The Balaban J connectivity index is 2.21. The Morgan fingerprint density at radius 2 is 2.17 bits per heavy atom. The molecule has 0 atom stereocenters. The molecule has 0 bridgehead atoms. The molecule has 0 aliphatic heterocycles. The van der Waals surface area contributed by atoms with Gasteiger partial charge in [0, 0.05) is 11.8 Å². The summed E-state index contributed by atoms with van der Waals surface area (Å²) in [7, 11) is 0. The van der Waals surface area contributed by atoms with Crippen LogP contribution in [0, 0.1) is 0 Å². The molecule has 1 fully saturated rings. The molecule has 0 aromatic heterocycles. The van der Waals surface area contributed by atoms with E-state index in [0.717, 1.165) is 15.9 Å². The van der Waals surface area contributed by atoms with Crippen LogP contribution in [0.4, 0.5) is 5.69 Å². The summed E-state index contributed by atoms with van der Waals surface area (Å²) in [5, 5.41) is 0. The molecule has 0 unspecified atom stereocenters. The number of benzene rings is 1. The average Bonchev–Trinajstić information content (AvgIpc) is 2.81. The van der Waals surface area contributed by atoms with Crippen molar-refractivity contribution in [3.8, 4) is 5.75 Å². The van der Waals surface area contributed by atoms with Crippen LogP contribution < -0.4 is 10.5 Å². The third-order valence-corrected chi connectivity index (χ3v) is 2.43. The molecule has 0 saturated heterocycles. The van der Waals surface area contributed by atoms with Gasteiger partial charge >= 0.3 is 0 Å². The lowest BCUT2D eigenvalue weighted by atomic mass is 10.3. The van der Waals surface area contributed by atoms with Gasteiger partial charge in [-0.3, -0.25) is 0 Å². The van der Waals surface area contributed by atoms with Gasteiger partial charge in [0.15, 0.2) is 0 Å². The quantitative estimate of drug-likeness (QED) is 0.789. The topological polar surface area (TPSA) is 35.2 Å². The van der Waals surface area contributed by atoms with Crippen LogP contribution in [0.1, 0.15) is 12.8 Å². The zero-order chi connectivity index (χ0) is 8.55. The van der Waals surface area contributed by atoms with Gasteiger partial charge in [0.2, 0.25) is 0 Å². The lowest BCUT2D eigenvalue weighted by molar-refractivity contribution is 0.301. The molecular formula is C9H10BrNO. The molecule has 1 aliphatic carbocycles. The van der Waals surface area contributed by atoms with Crippen molar-refractivity contribution in [2.75, 3.05) is 5.73 Å². The molecule has 1 aromatic rings. The van der Waals surface area contributed by atoms with Gasteiger partial charge in [0.25, 0.3) is 0 Å². The minimum Gasteiger partial charge on any atom is -0.489 e. The van der Waals surface area contributed by atoms with Crippen LogP contribution in [0.2, 0.25) is 0 Å². The number of rotatable bonds is 2. The predicted octanol–water partition coefficient (Wildman–Crippen LogP) is 2.57. The van der Waals surface area contributed by atoms with Crippen LogP contribution in [-0.4, -0.2) is 6.10 Å².